The molecule has 72 valence electrons. The molecule has 0 aromatic carbocycles. The topological polar surface area (TPSA) is 67.5 Å². The number of nitrogens with two attached hydrogens (primary N) is 1. The van der Waals surface area contributed by atoms with Crippen LogP contribution in [0.5, 0.6) is 0 Å². The zero-order valence-electron chi connectivity index (χ0n) is 8.00. The lowest BCUT2D eigenvalue weighted by Gasteiger charge is -2.08. The molecule has 2 rings (SSSR count). The molecule has 2 aliphatic rings. The highest BCUT2D eigenvalue weighted by atomic mass is 16.2. The third kappa shape index (κ3) is 1.30. The molecule has 2 atom stereocenters. The molecule has 0 spiro atoms. The minimum absolute atomic E-state index is 0.506. The Bertz CT molecular complexity index is 267. The van der Waals surface area contributed by atoms with E-state index in [1.54, 1.807) is 0 Å². The van der Waals surface area contributed by atoms with Crippen molar-refractivity contribution in [3.05, 3.63) is 0 Å². The fraction of sp³-hybridized carbons (Fsp3) is 0.778. The van der Waals surface area contributed by atoms with Gasteiger partial charge in [-0.3, -0.25) is 0 Å². The summed E-state index contributed by atoms with van der Waals surface area (Å²) >= 11 is 0. The van der Waals surface area contributed by atoms with Gasteiger partial charge < -0.3 is 5.73 Å². The normalized spacial score (nSPS) is 33.8. The number of hydrogen-bond donors (Lipinski definition) is 2. The minimum Gasteiger partial charge on any atom is -0.350 e. The molecule has 0 aliphatic heterocycles. The molecule has 4 heteroatoms. The molecule has 0 aromatic heterocycles. The maximum Gasteiger partial charge on any atom is 0.332 e. The average Bonchev–Trinajstić information content (AvgIpc) is 2.51. The van der Waals surface area contributed by atoms with Crippen LogP contribution in [0.15, 0.2) is 5.10 Å². The molecule has 2 saturated carbocycles. The maximum absolute atomic E-state index is 10.4. The number of fused-ring (bicyclic) bond motifs is 1. The number of nitrogens with one attached hydrogen (secondary N) is 1. The predicted octanol–water partition coefficient (Wildman–Crippen LogP) is 1.08. The first kappa shape index (κ1) is 8.53. The van der Waals surface area contributed by atoms with E-state index < -0.39 is 6.03 Å². The summed E-state index contributed by atoms with van der Waals surface area (Å²) in [6.45, 7) is 4.58. The van der Waals surface area contributed by atoms with Crippen molar-refractivity contribution >= 4 is 11.7 Å². The van der Waals surface area contributed by atoms with Gasteiger partial charge in [0.1, 0.15) is 0 Å². The Labute approximate surface area is 77.6 Å². The zero-order valence-corrected chi connectivity index (χ0v) is 8.00. The highest BCUT2D eigenvalue weighted by molar-refractivity contribution is 5.89. The van der Waals surface area contributed by atoms with Crippen molar-refractivity contribution in [2.45, 2.75) is 26.7 Å². The number of primary amides is 1. The molecular weight excluding hydrogens is 166 g/mol. The minimum atomic E-state index is -0.577. The van der Waals surface area contributed by atoms with E-state index in [-0.39, 0.29) is 0 Å². The number of rotatable bonds is 1. The lowest BCUT2D eigenvalue weighted by molar-refractivity contribution is 0.249. The van der Waals surface area contributed by atoms with E-state index in [1.807, 2.05) is 0 Å². The molecule has 13 heavy (non-hydrogen) atoms. The van der Waals surface area contributed by atoms with Crippen LogP contribution in [-0.2, 0) is 0 Å². The van der Waals surface area contributed by atoms with Crippen LogP contribution >= 0.6 is 0 Å². The Morgan fingerprint density at radius 2 is 2.08 bits per heavy atom. The van der Waals surface area contributed by atoms with E-state index in [1.165, 1.54) is 0 Å². The molecule has 2 aliphatic carbocycles. The molecule has 2 unspecified atom stereocenters. The number of amides is 2. The molecule has 2 fully saturated rings. The molecule has 2 amide bonds. The summed E-state index contributed by atoms with van der Waals surface area (Å²) < 4.78 is 0. The zero-order chi connectivity index (χ0) is 9.64. The number of hydrogen-bond acceptors (Lipinski definition) is 2. The van der Waals surface area contributed by atoms with Crippen LogP contribution < -0.4 is 11.2 Å². The van der Waals surface area contributed by atoms with E-state index in [0.717, 1.165) is 30.4 Å². The lowest BCUT2D eigenvalue weighted by Crippen LogP contribution is -2.25. The van der Waals surface area contributed by atoms with Crippen LogP contribution in [0.1, 0.15) is 26.7 Å². The molecule has 4 nitrogen and oxygen atoms in total. The van der Waals surface area contributed by atoms with Gasteiger partial charge in [-0.2, -0.15) is 5.10 Å². The predicted molar refractivity (Wildman–Crippen MR) is 50.1 cm³/mol. The van der Waals surface area contributed by atoms with E-state index in [4.69, 9.17) is 5.73 Å². The molecule has 0 bridgehead atoms. The van der Waals surface area contributed by atoms with Gasteiger partial charge in [0.25, 0.3) is 0 Å². The van der Waals surface area contributed by atoms with E-state index in [9.17, 15) is 4.79 Å². The second-order valence-electron chi connectivity index (χ2n) is 4.60. The van der Waals surface area contributed by atoms with Crippen molar-refractivity contribution in [3.63, 3.8) is 0 Å². The van der Waals surface area contributed by atoms with E-state index >= 15 is 0 Å². The SMILES string of the molecule is CC1(C)C2CC(=NNC(N)=O)CC21. The van der Waals surface area contributed by atoms with Gasteiger partial charge >= 0.3 is 6.03 Å². The Morgan fingerprint density at radius 3 is 2.54 bits per heavy atom. The highest BCUT2D eigenvalue weighted by Gasteiger charge is 2.61. The first-order valence-electron chi connectivity index (χ1n) is 4.62. The molecule has 0 radical (unpaired) electrons. The van der Waals surface area contributed by atoms with Crippen molar-refractivity contribution in [3.8, 4) is 0 Å². The third-order valence-electron chi connectivity index (χ3n) is 3.52. The third-order valence-corrected chi connectivity index (χ3v) is 3.52. The van der Waals surface area contributed by atoms with Gasteiger partial charge in [0, 0.05) is 5.71 Å². The summed E-state index contributed by atoms with van der Waals surface area (Å²) in [4.78, 5) is 10.4. The quantitative estimate of drug-likeness (QED) is 0.584. The fourth-order valence-electron chi connectivity index (χ4n) is 2.48. The summed E-state index contributed by atoms with van der Waals surface area (Å²) in [5.74, 6) is 1.56. The Morgan fingerprint density at radius 1 is 1.54 bits per heavy atom. The van der Waals surface area contributed by atoms with Crippen LogP contribution in [0.2, 0.25) is 0 Å². The number of hydrazone groups is 1. The molecule has 3 N–H and O–H groups in total. The molecule has 0 aromatic rings. The Balaban J connectivity index is 1.90. The summed E-state index contributed by atoms with van der Waals surface area (Å²) in [7, 11) is 0. The standard InChI is InChI=1S/C9H15N3O/c1-9(2)6-3-5(4-7(6)9)11-12-8(10)13/h6-7H,3-4H2,1-2H3,(H3,10,12,13). The van der Waals surface area contributed by atoms with Crippen molar-refractivity contribution < 1.29 is 4.79 Å². The van der Waals surface area contributed by atoms with E-state index in [0.29, 0.717) is 5.41 Å². The number of carbonyl (C=O) groups is 1. The monoisotopic (exact) mass is 181 g/mol. The smallest absolute Gasteiger partial charge is 0.332 e. The van der Waals surface area contributed by atoms with Crippen molar-refractivity contribution in [1.29, 1.82) is 0 Å². The first-order valence-corrected chi connectivity index (χ1v) is 4.62. The fourth-order valence-corrected chi connectivity index (χ4v) is 2.48. The second-order valence-corrected chi connectivity index (χ2v) is 4.60. The largest absolute Gasteiger partial charge is 0.350 e. The number of urea groups is 1. The Hall–Kier alpha value is -1.06. The average molecular weight is 181 g/mol. The molecular formula is C9H15N3O. The summed E-state index contributed by atoms with van der Waals surface area (Å²) in [6, 6.07) is -0.577. The van der Waals surface area contributed by atoms with Crippen LogP contribution in [-0.4, -0.2) is 11.7 Å². The van der Waals surface area contributed by atoms with Gasteiger partial charge in [0.05, 0.1) is 0 Å². The van der Waals surface area contributed by atoms with Gasteiger partial charge in [-0.05, 0) is 30.1 Å². The van der Waals surface area contributed by atoms with Crippen molar-refractivity contribution in [1.82, 2.24) is 5.43 Å². The summed E-state index contributed by atoms with van der Waals surface area (Å²) in [6.07, 6.45) is 2.05. The van der Waals surface area contributed by atoms with Crippen molar-refractivity contribution in [2.24, 2.45) is 28.1 Å². The van der Waals surface area contributed by atoms with Gasteiger partial charge in [-0.25, -0.2) is 10.2 Å². The first-order chi connectivity index (χ1) is 6.01. The van der Waals surface area contributed by atoms with Gasteiger partial charge in [-0.15, -0.1) is 0 Å². The second kappa shape index (κ2) is 2.47. The Kier molecular flexibility index (Phi) is 1.62. The lowest BCUT2D eigenvalue weighted by atomic mass is 10.00. The van der Waals surface area contributed by atoms with Crippen LogP contribution in [0.25, 0.3) is 0 Å². The van der Waals surface area contributed by atoms with Gasteiger partial charge in [0.15, 0.2) is 0 Å². The van der Waals surface area contributed by atoms with Gasteiger partial charge in [0.2, 0.25) is 0 Å². The van der Waals surface area contributed by atoms with E-state index in [2.05, 4.69) is 24.4 Å². The van der Waals surface area contributed by atoms with Crippen molar-refractivity contribution in [2.75, 3.05) is 0 Å². The van der Waals surface area contributed by atoms with Crippen LogP contribution in [0.4, 0.5) is 4.79 Å². The van der Waals surface area contributed by atoms with Crippen LogP contribution in [0.3, 0.4) is 0 Å². The van der Waals surface area contributed by atoms with Crippen LogP contribution in [0, 0.1) is 17.3 Å². The summed E-state index contributed by atoms with van der Waals surface area (Å²) in [5, 5.41) is 3.96. The van der Waals surface area contributed by atoms with Gasteiger partial charge in [-0.1, -0.05) is 13.8 Å². The maximum atomic E-state index is 10.4. The number of nitrogens with zero attached hydrogens (tertiary/aromatic N) is 1. The summed E-state index contributed by atoms with van der Waals surface area (Å²) in [5.41, 5.74) is 8.79. The highest BCUT2D eigenvalue weighted by Crippen LogP contribution is 2.65. The number of carbonyl (C=O) groups excluding carboxylic acids is 1. The molecule has 0 heterocycles. The molecule has 0 saturated heterocycles.